The number of hydrogen-bond donors (Lipinski definition) is 0. The first kappa shape index (κ1) is 11.8. The molecule has 14 heavy (non-hydrogen) atoms. The van der Waals surface area contributed by atoms with E-state index in [0.717, 1.165) is 12.5 Å². The summed E-state index contributed by atoms with van der Waals surface area (Å²) in [7, 11) is 1.89. The highest BCUT2D eigenvalue weighted by Gasteiger charge is 2.21. The Labute approximate surface area is 91.6 Å². The summed E-state index contributed by atoms with van der Waals surface area (Å²) in [5.41, 5.74) is 0. The summed E-state index contributed by atoms with van der Waals surface area (Å²) in [4.78, 5) is 13.6. The van der Waals surface area contributed by atoms with Crippen molar-refractivity contribution >= 4 is 17.5 Å². The quantitative estimate of drug-likeness (QED) is 0.663. The molecule has 0 radical (unpaired) electrons. The van der Waals surface area contributed by atoms with Crippen molar-refractivity contribution in [2.45, 2.75) is 32.6 Å². The fourth-order valence-corrected chi connectivity index (χ4v) is 2.24. The number of rotatable bonds is 4. The molecule has 1 unspecified atom stereocenters. The van der Waals surface area contributed by atoms with Crippen LogP contribution >= 0.6 is 11.6 Å². The summed E-state index contributed by atoms with van der Waals surface area (Å²) in [5.74, 6) is 1.30. The van der Waals surface area contributed by atoms with Crippen molar-refractivity contribution in [3.63, 3.8) is 0 Å². The van der Waals surface area contributed by atoms with Gasteiger partial charge >= 0.3 is 0 Å². The highest BCUT2D eigenvalue weighted by molar-refractivity contribution is 6.19. The zero-order chi connectivity index (χ0) is 10.6. The van der Waals surface area contributed by atoms with Crippen molar-refractivity contribution < 1.29 is 4.79 Å². The molecule has 0 heterocycles. The molecule has 0 aliphatic heterocycles. The van der Waals surface area contributed by atoms with Gasteiger partial charge in [0, 0.05) is 25.4 Å². The molecule has 1 amide bonds. The van der Waals surface area contributed by atoms with Gasteiger partial charge in [-0.3, -0.25) is 4.79 Å². The normalized spacial score (nSPS) is 19.6. The summed E-state index contributed by atoms with van der Waals surface area (Å²) in [6, 6.07) is 0. The minimum atomic E-state index is -0.0388. The monoisotopic (exact) mass is 217 g/mol. The lowest BCUT2D eigenvalue weighted by Crippen LogP contribution is -2.35. The van der Waals surface area contributed by atoms with E-state index in [-0.39, 0.29) is 11.8 Å². The zero-order valence-corrected chi connectivity index (χ0v) is 9.89. The number of halogens is 1. The molecular formula is C11H20ClNO. The van der Waals surface area contributed by atoms with Crippen LogP contribution in [0.4, 0.5) is 0 Å². The predicted octanol–water partition coefficient (Wildman–Crippen LogP) is 2.51. The molecule has 1 fully saturated rings. The highest BCUT2D eigenvalue weighted by Crippen LogP contribution is 2.25. The third-order valence-electron chi connectivity index (χ3n) is 3.04. The molecule has 1 rings (SSSR count). The van der Waals surface area contributed by atoms with Crippen LogP contribution in [0.1, 0.15) is 32.6 Å². The highest BCUT2D eigenvalue weighted by atomic mass is 35.5. The van der Waals surface area contributed by atoms with E-state index in [4.69, 9.17) is 11.6 Å². The molecule has 0 spiro atoms. The lowest BCUT2D eigenvalue weighted by molar-refractivity contribution is -0.133. The lowest BCUT2D eigenvalue weighted by atomic mass is 10.1. The van der Waals surface area contributed by atoms with Gasteiger partial charge in [0.05, 0.1) is 0 Å². The van der Waals surface area contributed by atoms with Gasteiger partial charge in [0.15, 0.2) is 0 Å². The zero-order valence-electron chi connectivity index (χ0n) is 9.13. The topological polar surface area (TPSA) is 20.3 Å². The van der Waals surface area contributed by atoms with Crippen molar-refractivity contribution in [3.8, 4) is 0 Å². The van der Waals surface area contributed by atoms with Crippen LogP contribution in [0.5, 0.6) is 0 Å². The van der Waals surface area contributed by atoms with E-state index in [1.807, 2.05) is 18.9 Å². The number of carbonyl (C=O) groups is 1. The maximum Gasteiger partial charge on any atom is 0.226 e. The summed E-state index contributed by atoms with van der Waals surface area (Å²) >= 11 is 5.66. The molecule has 1 aliphatic carbocycles. The van der Waals surface area contributed by atoms with Crippen LogP contribution in [0, 0.1) is 11.8 Å². The van der Waals surface area contributed by atoms with Crippen LogP contribution in [0.2, 0.25) is 0 Å². The van der Waals surface area contributed by atoms with Gasteiger partial charge in [0.25, 0.3) is 0 Å². The van der Waals surface area contributed by atoms with Crippen LogP contribution in [-0.2, 0) is 4.79 Å². The van der Waals surface area contributed by atoms with Gasteiger partial charge in [-0.25, -0.2) is 0 Å². The van der Waals surface area contributed by atoms with E-state index in [9.17, 15) is 4.79 Å². The predicted molar refractivity (Wildman–Crippen MR) is 59.5 cm³/mol. The Morgan fingerprint density at radius 1 is 1.50 bits per heavy atom. The van der Waals surface area contributed by atoms with Crippen molar-refractivity contribution in [2.24, 2.45) is 11.8 Å². The molecule has 2 nitrogen and oxygen atoms in total. The first-order valence-corrected chi connectivity index (χ1v) is 5.99. The van der Waals surface area contributed by atoms with Gasteiger partial charge < -0.3 is 4.90 Å². The molecule has 1 aliphatic rings. The maximum absolute atomic E-state index is 11.7. The first-order valence-electron chi connectivity index (χ1n) is 5.46. The minimum Gasteiger partial charge on any atom is -0.345 e. The van der Waals surface area contributed by atoms with Crippen LogP contribution in [0.3, 0.4) is 0 Å². The van der Waals surface area contributed by atoms with Crippen LogP contribution in [-0.4, -0.2) is 30.3 Å². The van der Waals surface area contributed by atoms with Gasteiger partial charge in [0.1, 0.15) is 0 Å². The fraction of sp³-hybridized carbons (Fsp3) is 0.909. The molecule has 0 N–H and O–H groups in total. The third kappa shape index (κ3) is 3.16. The van der Waals surface area contributed by atoms with Gasteiger partial charge in [0.2, 0.25) is 5.91 Å². The molecule has 0 saturated heterocycles. The molecule has 0 aromatic carbocycles. The second-order valence-electron chi connectivity index (χ2n) is 4.42. The number of hydrogen-bond acceptors (Lipinski definition) is 1. The largest absolute Gasteiger partial charge is 0.345 e. The average molecular weight is 218 g/mol. The van der Waals surface area contributed by atoms with E-state index < -0.39 is 0 Å². The van der Waals surface area contributed by atoms with E-state index in [1.165, 1.54) is 25.7 Å². The Kier molecular flexibility index (Phi) is 4.73. The van der Waals surface area contributed by atoms with Crippen LogP contribution < -0.4 is 0 Å². The summed E-state index contributed by atoms with van der Waals surface area (Å²) in [6.07, 6.45) is 5.23. The number of nitrogens with zero attached hydrogens (tertiary/aromatic N) is 1. The molecule has 1 saturated carbocycles. The molecule has 0 bridgehead atoms. The molecule has 3 heteroatoms. The standard InChI is InChI=1S/C11H20ClNO/c1-9(7-12)11(14)13(2)8-10-5-3-4-6-10/h9-10H,3-8H2,1-2H3. The molecule has 1 atom stereocenters. The van der Waals surface area contributed by atoms with E-state index in [0.29, 0.717) is 5.88 Å². The Morgan fingerprint density at radius 3 is 2.57 bits per heavy atom. The van der Waals surface area contributed by atoms with Crippen molar-refractivity contribution in [1.82, 2.24) is 4.90 Å². The summed E-state index contributed by atoms with van der Waals surface area (Å²) < 4.78 is 0. The summed E-state index contributed by atoms with van der Waals surface area (Å²) in [6.45, 7) is 2.81. The molecular weight excluding hydrogens is 198 g/mol. The van der Waals surface area contributed by atoms with Crippen LogP contribution in [0.25, 0.3) is 0 Å². The number of carbonyl (C=O) groups excluding carboxylic acids is 1. The van der Waals surface area contributed by atoms with Crippen LogP contribution in [0.15, 0.2) is 0 Å². The smallest absolute Gasteiger partial charge is 0.226 e. The molecule has 82 valence electrons. The number of amides is 1. The Bertz CT molecular complexity index is 190. The maximum atomic E-state index is 11.7. The Balaban J connectivity index is 2.32. The van der Waals surface area contributed by atoms with Gasteiger partial charge in [-0.15, -0.1) is 11.6 Å². The van der Waals surface area contributed by atoms with Crippen molar-refractivity contribution in [1.29, 1.82) is 0 Å². The fourth-order valence-electron chi connectivity index (χ4n) is 2.11. The van der Waals surface area contributed by atoms with Gasteiger partial charge in [-0.05, 0) is 18.8 Å². The van der Waals surface area contributed by atoms with E-state index in [1.54, 1.807) is 0 Å². The van der Waals surface area contributed by atoms with E-state index >= 15 is 0 Å². The molecule has 0 aromatic heterocycles. The third-order valence-corrected chi connectivity index (χ3v) is 3.50. The van der Waals surface area contributed by atoms with Crippen molar-refractivity contribution in [2.75, 3.05) is 19.5 Å². The second kappa shape index (κ2) is 5.59. The Morgan fingerprint density at radius 2 is 2.07 bits per heavy atom. The van der Waals surface area contributed by atoms with E-state index in [2.05, 4.69) is 0 Å². The summed E-state index contributed by atoms with van der Waals surface area (Å²) in [5, 5.41) is 0. The van der Waals surface area contributed by atoms with Gasteiger partial charge in [-0.1, -0.05) is 19.8 Å². The minimum absolute atomic E-state index is 0.0388. The first-order chi connectivity index (χ1) is 6.65. The SMILES string of the molecule is CC(CCl)C(=O)N(C)CC1CCCC1. The number of alkyl halides is 1. The Hall–Kier alpha value is -0.240. The van der Waals surface area contributed by atoms with Gasteiger partial charge in [-0.2, -0.15) is 0 Å². The average Bonchev–Trinajstić information content (AvgIpc) is 2.68. The second-order valence-corrected chi connectivity index (χ2v) is 4.73. The molecule has 0 aromatic rings. The van der Waals surface area contributed by atoms with Crippen molar-refractivity contribution in [3.05, 3.63) is 0 Å². The lowest BCUT2D eigenvalue weighted by Gasteiger charge is -2.23.